The zero-order valence-corrected chi connectivity index (χ0v) is 15.5. The Morgan fingerprint density at radius 2 is 1.33 bits per heavy atom. The lowest BCUT2D eigenvalue weighted by molar-refractivity contribution is -0.103. The fourth-order valence-electron chi connectivity index (χ4n) is 3.78. The number of hydrogen-bond acceptors (Lipinski definition) is 3. The van der Waals surface area contributed by atoms with Crippen molar-refractivity contribution >= 4 is 25.8 Å². The molecule has 1 saturated heterocycles. The quantitative estimate of drug-likeness (QED) is 0.817. The van der Waals surface area contributed by atoms with Crippen LogP contribution in [0, 0.1) is 0 Å². The highest BCUT2D eigenvalue weighted by Gasteiger charge is 2.61. The molecule has 2 N–H and O–H groups in total. The maximum absolute atomic E-state index is 10.5. The van der Waals surface area contributed by atoms with Crippen molar-refractivity contribution in [1.82, 2.24) is 0 Å². The first kappa shape index (κ1) is 17.1. The van der Waals surface area contributed by atoms with E-state index in [9.17, 15) is 10.2 Å². The lowest BCUT2D eigenvalue weighted by Gasteiger charge is -2.50. The molecule has 1 aliphatic rings. The van der Waals surface area contributed by atoms with Crippen LogP contribution in [0.1, 0.15) is 0 Å². The van der Waals surface area contributed by atoms with Crippen molar-refractivity contribution < 1.29 is 14.6 Å². The Bertz CT molecular complexity index is 670. The molecule has 2 aromatic rings. The molecule has 124 valence electrons. The molecule has 2 unspecified atom stereocenters. The first-order valence-electron chi connectivity index (χ1n) is 8.02. The fourth-order valence-corrected chi connectivity index (χ4v) is 18.3. The molecule has 0 spiro atoms. The summed E-state index contributed by atoms with van der Waals surface area (Å²) in [6.45, 7) is 8.08. The molecule has 24 heavy (non-hydrogen) atoms. The standard InChI is InChI=1S/C19H22O3Si2/c1-3-23(4-2)22-19(21)18(20)15-24(23,16-11-7-5-8-12-16)17-13-9-6-10-14-17/h3-14,18-21H,1-2,15H2. The topological polar surface area (TPSA) is 49.7 Å². The van der Waals surface area contributed by atoms with Gasteiger partial charge in [-0.1, -0.05) is 82.4 Å². The molecule has 0 saturated carbocycles. The molecular weight excluding hydrogens is 332 g/mol. The van der Waals surface area contributed by atoms with E-state index in [0.29, 0.717) is 6.04 Å². The Labute approximate surface area is 144 Å². The summed E-state index contributed by atoms with van der Waals surface area (Å²) in [4.78, 5) is 0. The van der Waals surface area contributed by atoms with E-state index < -0.39 is 27.8 Å². The first-order valence-corrected chi connectivity index (χ1v) is 13.3. The minimum atomic E-state index is -2.74. The predicted molar refractivity (Wildman–Crippen MR) is 102 cm³/mol. The van der Waals surface area contributed by atoms with Gasteiger partial charge in [0.1, 0.15) is 6.10 Å². The van der Waals surface area contributed by atoms with E-state index in [-0.39, 0.29) is 0 Å². The largest absolute Gasteiger partial charge is 0.388 e. The SMILES string of the molecule is C=C[Si]1(C=C)OC(O)C(O)C[Si]1(c1ccccc1)c1ccccc1. The number of rotatable bonds is 4. The zero-order chi connectivity index (χ0) is 17.2. The Morgan fingerprint density at radius 3 is 1.75 bits per heavy atom. The molecule has 0 aliphatic carbocycles. The normalized spacial score (nSPS) is 24.9. The first-order chi connectivity index (χ1) is 11.6. The van der Waals surface area contributed by atoms with E-state index in [1.54, 1.807) is 0 Å². The average Bonchev–Trinajstić information content (AvgIpc) is 2.65. The second-order valence-electron chi connectivity index (χ2n) is 6.12. The third kappa shape index (κ3) is 2.45. The van der Waals surface area contributed by atoms with Gasteiger partial charge < -0.3 is 14.6 Å². The maximum atomic E-state index is 10.5. The van der Waals surface area contributed by atoms with Crippen LogP contribution in [0.4, 0.5) is 0 Å². The Balaban J connectivity index is 2.34. The number of hydrogen-bond donors (Lipinski definition) is 2. The molecule has 2 aromatic carbocycles. The van der Waals surface area contributed by atoms with Crippen molar-refractivity contribution in [2.45, 2.75) is 18.4 Å². The van der Waals surface area contributed by atoms with E-state index in [0.717, 1.165) is 0 Å². The molecule has 1 fully saturated rings. The molecule has 0 radical (unpaired) electrons. The van der Waals surface area contributed by atoms with Gasteiger partial charge in [-0.25, -0.2) is 0 Å². The molecular formula is C19H22O3Si2. The molecule has 0 aromatic heterocycles. The number of aliphatic hydroxyl groups excluding tert-OH is 2. The molecule has 0 bridgehead atoms. The second kappa shape index (κ2) is 6.62. The van der Waals surface area contributed by atoms with Gasteiger partial charge in [0.15, 0.2) is 13.9 Å². The van der Waals surface area contributed by atoms with Crippen LogP contribution in [0.3, 0.4) is 0 Å². The molecule has 0 amide bonds. The van der Waals surface area contributed by atoms with Crippen LogP contribution in [-0.2, 0) is 4.43 Å². The number of benzene rings is 2. The van der Waals surface area contributed by atoms with E-state index in [2.05, 4.69) is 37.4 Å². The van der Waals surface area contributed by atoms with Crippen LogP contribution >= 0.6 is 0 Å². The Morgan fingerprint density at radius 1 is 0.875 bits per heavy atom. The van der Waals surface area contributed by atoms with E-state index in [1.165, 1.54) is 10.4 Å². The highest BCUT2D eigenvalue weighted by Crippen LogP contribution is 2.34. The van der Waals surface area contributed by atoms with E-state index in [1.807, 2.05) is 47.8 Å². The summed E-state index contributed by atoms with van der Waals surface area (Å²) < 4.78 is 6.08. The molecule has 2 atom stereocenters. The maximum Gasteiger partial charge on any atom is 0.239 e. The minimum Gasteiger partial charge on any atom is -0.388 e. The predicted octanol–water partition coefficient (Wildman–Crippen LogP) is 1.43. The summed E-state index contributed by atoms with van der Waals surface area (Å²) in [5, 5.41) is 23.0. The van der Waals surface area contributed by atoms with Gasteiger partial charge in [0.2, 0.25) is 7.83 Å². The summed E-state index contributed by atoms with van der Waals surface area (Å²) in [6, 6.07) is 20.9. The third-order valence-electron chi connectivity index (χ3n) is 4.97. The molecule has 5 heteroatoms. The highest BCUT2D eigenvalue weighted by atomic mass is 29.3. The third-order valence-corrected chi connectivity index (χ3v) is 19.7. The van der Waals surface area contributed by atoms with Gasteiger partial charge in [-0.05, 0) is 6.04 Å². The van der Waals surface area contributed by atoms with Gasteiger partial charge in [0.05, 0.1) is 0 Å². The summed E-state index contributed by atoms with van der Waals surface area (Å²) in [5.41, 5.74) is 3.72. The van der Waals surface area contributed by atoms with Crippen molar-refractivity contribution in [2.75, 3.05) is 0 Å². The van der Waals surface area contributed by atoms with Crippen molar-refractivity contribution in [3.63, 3.8) is 0 Å². The van der Waals surface area contributed by atoms with Crippen molar-refractivity contribution in [3.05, 3.63) is 85.2 Å². The fraction of sp³-hybridized carbons (Fsp3) is 0.158. The van der Waals surface area contributed by atoms with Crippen LogP contribution in [0.25, 0.3) is 0 Å². The van der Waals surface area contributed by atoms with Crippen LogP contribution in [0.2, 0.25) is 6.04 Å². The molecule has 1 aliphatic heterocycles. The van der Waals surface area contributed by atoms with Gasteiger partial charge in [0, 0.05) is 0 Å². The average molecular weight is 355 g/mol. The van der Waals surface area contributed by atoms with E-state index >= 15 is 0 Å². The lowest BCUT2D eigenvalue weighted by atomic mass is 10.4. The summed E-state index contributed by atoms with van der Waals surface area (Å²) >= 11 is 0. The van der Waals surface area contributed by atoms with Crippen molar-refractivity contribution in [3.8, 4) is 0 Å². The van der Waals surface area contributed by atoms with Crippen molar-refractivity contribution in [1.29, 1.82) is 0 Å². The smallest absolute Gasteiger partial charge is 0.239 e. The monoisotopic (exact) mass is 354 g/mol. The van der Waals surface area contributed by atoms with Crippen LogP contribution in [-0.4, -0.2) is 38.0 Å². The Hall–Kier alpha value is -1.77. The van der Waals surface area contributed by atoms with Gasteiger partial charge in [-0.3, -0.25) is 0 Å². The lowest BCUT2D eigenvalue weighted by Crippen LogP contribution is -2.81. The molecule has 3 rings (SSSR count). The van der Waals surface area contributed by atoms with Gasteiger partial charge in [-0.2, -0.15) is 0 Å². The van der Waals surface area contributed by atoms with Gasteiger partial charge in [-0.15, -0.1) is 13.2 Å². The van der Waals surface area contributed by atoms with E-state index in [4.69, 9.17) is 4.43 Å². The minimum absolute atomic E-state index is 0.493. The number of aliphatic hydroxyl groups is 2. The summed E-state index contributed by atoms with van der Waals surface area (Å²) in [6.07, 6.45) is -2.11. The van der Waals surface area contributed by atoms with Gasteiger partial charge in [0.25, 0.3) is 0 Å². The second-order valence-corrected chi connectivity index (χ2v) is 17.0. The summed E-state index contributed by atoms with van der Waals surface area (Å²) in [5.74, 6) is 0. The van der Waals surface area contributed by atoms with Gasteiger partial charge >= 0.3 is 0 Å². The highest BCUT2D eigenvalue weighted by molar-refractivity contribution is 7.53. The molecule has 1 heterocycles. The van der Waals surface area contributed by atoms with Crippen LogP contribution in [0.5, 0.6) is 0 Å². The van der Waals surface area contributed by atoms with Crippen LogP contribution in [0.15, 0.2) is 85.2 Å². The van der Waals surface area contributed by atoms with Crippen molar-refractivity contribution in [2.24, 2.45) is 0 Å². The van der Waals surface area contributed by atoms with Crippen LogP contribution < -0.4 is 10.4 Å². The Kier molecular flexibility index (Phi) is 4.71. The summed E-state index contributed by atoms with van der Waals surface area (Å²) in [7, 11) is -5.29. The zero-order valence-electron chi connectivity index (χ0n) is 13.5. The molecule has 3 nitrogen and oxygen atoms in total.